The third kappa shape index (κ3) is 1.47. The highest BCUT2D eigenvalue weighted by Crippen LogP contribution is 2.40. The Kier molecular flexibility index (Phi) is 2.31. The molecule has 0 spiro atoms. The van der Waals surface area contributed by atoms with E-state index in [2.05, 4.69) is 29.5 Å². The third-order valence-corrected chi connectivity index (χ3v) is 4.07. The Morgan fingerprint density at radius 3 is 3.00 bits per heavy atom. The van der Waals surface area contributed by atoms with E-state index in [0.29, 0.717) is 16.3 Å². The fourth-order valence-corrected chi connectivity index (χ4v) is 3.95. The van der Waals surface area contributed by atoms with Crippen LogP contribution in [0.3, 0.4) is 0 Å². The Bertz CT molecular complexity index is 205. The van der Waals surface area contributed by atoms with Crippen LogP contribution < -0.4 is 0 Å². The SMILES string of the molecule is C[C@H]1C[C@H]2CC(=O)O[C@H]2[C@H](I)C1. The van der Waals surface area contributed by atoms with E-state index in [1.165, 1.54) is 12.8 Å². The highest BCUT2D eigenvalue weighted by molar-refractivity contribution is 14.1. The van der Waals surface area contributed by atoms with Gasteiger partial charge in [-0.1, -0.05) is 29.5 Å². The van der Waals surface area contributed by atoms with Gasteiger partial charge in [-0.2, -0.15) is 0 Å². The zero-order valence-corrected chi connectivity index (χ0v) is 9.28. The van der Waals surface area contributed by atoms with Crippen molar-refractivity contribution >= 4 is 28.6 Å². The molecular weight excluding hydrogens is 267 g/mol. The van der Waals surface area contributed by atoms with E-state index in [0.717, 1.165) is 5.92 Å². The molecule has 1 heterocycles. The van der Waals surface area contributed by atoms with Gasteiger partial charge in [0.15, 0.2) is 0 Å². The largest absolute Gasteiger partial charge is 0.461 e. The molecule has 0 amide bonds. The predicted molar refractivity (Wildman–Crippen MR) is 54.2 cm³/mol. The van der Waals surface area contributed by atoms with E-state index >= 15 is 0 Å². The molecule has 12 heavy (non-hydrogen) atoms. The van der Waals surface area contributed by atoms with Crippen LogP contribution in [0.2, 0.25) is 0 Å². The minimum atomic E-state index is 0.0146. The van der Waals surface area contributed by atoms with Gasteiger partial charge in [-0.05, 0) is 18.8 Å². The monoisotopic (exact) mass is 280 g/mol. The molecule has 2 aliphatic rings. The first-order valence-electron chi connectivity index (χ1n) is 4.50. The zero-order valence-electron chi connectivity index (χ0n) is 7.13. The normalized spacial score (nSPS) is 47.0. The van der Waals surface area contributed by atoms with Crippen LogP contribution in [0.4, 0.5) is 0 Å². The molecule has 1 saturated heterocycles. The van der Waals surface area contributed by atoms with Crippen LogP contribution in [0, 0.1) is 11.8 Å². The van der Waals surface area contributed by atoms with E-state index in [9.17, 15) is 4.79 Å². The van der Waals surface area contributed by atoms with E-state index in [1.807, 2.05) is 0 Å². The molecule has 2 nitrogen and oxygen atoms in total. The van der Waals surface area contributed by atoms with Crippen molar-refractivity contribution in [3.05, 3.63) is 0 Å². The smallest absolute Gasteiger partial charge is 0.306 e. The molecular formula is C9H13IO2. The van der Waals surface area contributed by atoms with E-state index in [1.54, 1.807) is 0 Å². The van der Waals surface area contributed by atoms with E-state index in [-0.39, 0.29) is 12.1 Å². The van der Waals surface area contributed by atoms with Gasteiger partial charge in [0.05, 0.1) is 6.42 Å². The van der Waals surface area contributed by atoms with Gasteiger partial charge in [-0.25, -0.2) is 0 Å². The van der Waals surface area contributed by atoms with Crippen molar-refractivity contribution in [2.45, 2.75) is 36.2 Å². The van der Waals surface area contributed by atoms with Gasteiger partial charge < -0.3 is 4.74 Å². The topological polar surface area (TPSA) is 26.3 Å². The summed E-state index contributed by atoms with van der Waals surface area (Å²) in [5, 5.41) is 0. The second-order valence-corrected chi connectivity index (χ2v) is 5.61. The number of hydrogen-bond acceptors (Lipinski definition) is 2. The number of esters is 1. The molecule has 0 radical (unpaired) electrons. The first kappa shape index (κ1) is 8.78. The fourth-order valence-electron chi connectivity index (χ4n) is 2.34. The average molecular weight is 280 g/mol. The van der Waals surface area contributed by atoms with Gasteiger partial charge >= 0.3 is 5.97 Å². The van der Waals surface area contributed by atoms with Crippen LogP contribution in [0.1, 0.15) is 26.2 Å². The van der Waals surface area contributed by atoms with Crippen molar-refractivity contribution in [2.75, 3.05) is 0 Å². The van der Waals surface area contributed by atoms with Crippen molar-refractivity contribution in [2.24, 2.45) is 11.8 Å². The van der Waals surface area contributed by atoms with Crippen molar-refractivity contribution in [3.8, 4) is 0 Å². The number of ether oxygens (including phenoxy) is 1. The molecule has 1 saturated carbocycles. The number of fused-ring (bicyclic) bond motifs is 1. The lowest BCUT2D eigenvalue weighted by atomic mass is 9.80. The Labute approximate surface area is 86.2 Å². The quantitative estimate of drug-likeness (QED) is 0.386. The molecule has 1 aliphatic heterocycles. The van der Waals surface area contributed by atoms with Crippen LogP contribution in [0.15, 0.2) is 0 Å². The molecule has 68 valence electrons. The minimum absolute atomic E-state index is 0.0146. The molecule has 0 aromatic carbocycles. The van der Waals surface area contributed by atoms with Crippen LogP contribution in [0.25, 0.3) is 0 Å². The van der Waals surface area contributed by atoms with Crippen molar-refractivity contribution in [1.82, 2.24) is 0 Å². The summed E-state index contributed by atoms with van der Waals surface area (Å²) in [5.41, 5.74) is 0. The lowest BCUT2D eigenvalue weighted by Crippen LogP contribution is -2.34. The third-order valence-electron chi connectivity index (χ3n) is 2.85. The standard InChI is InChI=1S/C9H13IO2/c1-5-2-6-4-8(11)12-9(6)7(10)3-5/h5-7,9H,2-4H2,1H3/t5-,6-,7+,9+/m0/s1. The summed E-state index contributed by atoms with van der Waals surface area (Å²) in [4.78, 5) is 11.0. The maximum absolute atomic E-state index is 11.0. The summed E-state index contributed by atoms with van der Waals surface area (Å²) in [6, 6.07) is 0. The van der Waals surface area contributed by atoms with Crippen LogP contribution >= 0.6 is 22.6 Å². The van der Waals surface area contributed by atoms with Gasteiger partial charge in [-0.3, -0.25) is 4.79 Å². The highest BCUT2D eigenvalue weighted by Gasteiger charge is 2.43. The Hall–Kier alpha value is 0.200. The van der Waals surface area contributed by atoms with Crippen molar-refractivity contribution in [1.29, 1.82) is 0 Å². The Morgan fingerprint density at radius 1 is 1.50 bits per heavy atom. The van der Waals surface area contributed by atoms with Gasteiger partial charge in [0.25, 0.3) is 0 Å². The molecule has 0 unspecified atom stereocenters. The molecule has 3 heteroatoms. The molecule has 0 aromatic heterocycles. The van der Waals surface area contributed by atoms with Crippen molar-refractivity contribution in [3.63, 3.8) is 0 Å². The maximum atomic E-state index is 11.0. The maximum Gasteiger partial charge on any atom is 0.306 e. The lowest BCUT2D eigenvalue weighted by Gasteiger charge is -2.31. The summed E-state index contributed by atoms with van der Waals surface area (Å²) >= 11 is 2.42. The molecule has 1 aliphatic carbocycles. The van der Waals surface area contributed by atoms with Crippen LogP contribution in [-0.2, 0) is 9.53 Å². The number of rotatable bonds is 0. The first-order valence-corrected chi connectivity index (χ1v) is 5.75. The summed E-state index contributed by atoms with van der Waals surface area (Å²) in [6.45, 7) is 2.27. The predicted octanol–water partition coefficient (Wildman–Crippen LogP) is 2.15. The number of carbonyl (C=O) groups excluding carboxylic acids is 1. The Balaban J connectivity index is 2.10. The number of hydrogen-bond donors (Lipinski definition) is 0. The number of carbonyl (C=O) groups is 1. The summed E-state index contributed by atoms with van der Waals surface area (Å²) in [6.07, 6.45) is 3.27. The molecule has 4 atom stereocenters. The summed E-state index contributed by atoms with van der Waals surface area (Å²) in [7, 11) is 0. The second kappa shape index (κ2) is 3.16. The average Bonchev–Trinajstić information content (AvgIpc) is 2.29. The van der Waals surface area contributed by atoms with E-state index < -0.39 is 0 Å². The fraction of sp³-hybridized carbons (Fsp3) is 0.889. The van der Waals surface area contributed by atoms with Crippen molar-refractivity contribution < 1.29 is 9.53 Å². The zero-order chi connectivity index (χ0) is 8.72. The first-order chi connectivity index (χ1) is 5.66. The molecule has 2 rings (SSSR count). The summed E-state index contributed by atoms with van der Waals surface area (Å²) in [5.74, 6) is 1.30. The van der Waals surface area contributed by atoms with Crippen LogP contribution in [0.5, 0.6) is 0 Å². The lowest BCUT2D eigenvalue weighted by molar-refractivity contribution is -0.141. The number of alkyl halides is 1. The van der Waals surface area contributed by atoms with Gasteiger partial charge in [-0.15, -0.1) is 0 Å². The van der Waals surface area contributed by atoms with Gasteiger partial charge in [0.1, 0.15) is 6.10 Å². The van der Waals surface area contributed by atoms with Gasteiger partial charge in [0.2, 0.25) is 0 Å². The molecule has 0 N–H and O–H groups in total. The molecule has 2 fully saturated rings. The van der Waals surface area contributed by atoms with E-state index in [4.69, 9.17) is 4.74 Å². The Morgan fingerprint density at radius 2 is 2.25 bits per heavy atom. The summed E-state index contributed by atoms with van der Waals surface area (Å²) < 4.78 is 5.82. The highest BCUT2D eigenvalue weighted by atomic mass is 127. The van der Waals surface area contributed by atoms with Crippen LogP contribution in [-0.4, -0.2) is 16.0 Å². The second-order valence-electron chi connectivity index (χ2n) is 4.01. The number of halogens is 1. The molecule has 0 aromatic rings. The molecule has 0 bridgehead atoms. The minimum Gasteiger partial charge on any atom is -0.461 e. The van der Waals surface area contributed by atoms with Gasteiger partial charge in [0, 0.05) is 9.84 Å².